The summed E-state index contributed by atoms with van der Waals surface area (Å²) < 4.78 is 15.7. The van der Waals surface area contributed by atoms with Crippen molar-refractivity contribution in [1.82, 2.24) is 14.3 Å². The molecule has 0 radical (unpaired) electrons. The molecule has 0 bridgehead atoms. The molecule has 3 heterocycles. The number of fused-ring (bicyclic) bond motifs is 1. The zero-order valence-electron chi connectivity index (χ0n) is 15.3. The molecule has 11 heteroatoms. The number of halogens is 3. The Morgan fingerprint density at radius 2 is 2.00 bits per heavy atom. The molecule has 2 aromatic heterocycles. The summed E-state index contributed by atoms with van der Waals surface area (Å²) in [6, 6.07) is 5.72. The van der Waals surface area contributed by atoms with Gasteiger partial charge in [0.15, 0.2) is 0 Å². The van der Waals surface area contributed by atoms with Gasteiger partial charge in [0, 0.05) is 31.4 Å². The van der Waals surface area contributed by atoms with Crippen molar-refractivity contribution >= 4 is 46.4 Å². The second-order valence-electron chi connectivity index (χ2n) is 6.98. The highest BCUT2D eigenvalue weighted by Gasteiger charge is 2.35. The molecule has 0 atom stereocenters. The molecule has 156 valence electrons. The van der Waals surface area contributed by atoms with Crippen LogP contribution >= 0.6 is 23.2 Å². The number of H-pyrrole nitrogens is 1. The third-order valence-corrected chi connectivity index (χ3v) is 5.74. The number of hydrogen-bond donors (Lipinski definition) is 3. The van der Waals surface area contributed by atoms with E-state index in [0.29, 0.717) is 11.3 Å². The van der Waals surface area contributed by atoms with E-state index in [9.17, 15) is 18.8 Å². The molecule has 2 amide bonds. The molecule has 0 aliphatic carbocycles. The van der Waals surface area contributed by atoms with E-state index in [4.69, 9.17) is 28.3 Å². The maximum absolute atomic E-state index is 14.2. The van der Waals surface area contributed by atoms with Gasteiger partial charge in [-0.05, 0) is 23.8 Å². The zero-order chi connectivity index (χ0) is 21.6. The lowest BCUT2D eigenvalue weighted by Crippen LogP contribution is -2.54. The number of aromatic amines is 1. The minimum Gasteiger partial charge on any atom is -0.465 e. The highest BCUT2D eigenvalue weighted by atomic mass is 35.5. The smallest absolute Gasteiger partial charge is 0.407 e. The molecule has 1 aliphatic heterocycles. The number of aromatic nitrogens is 2. The van der Waals surface area contributed by atoms with E-state index in [1.165, 1.54) is 28.8 Å². The molecule has 0 unspecified atom stereocenters. The average Bonchev–Trinajstić information content (AvgIpc) is 2.95. The number of carbonyl (C=O) groups excluding carboxylic acids is 1. The molecular weight excluding hydrogens is 438 g/mol. The molecule has 8 nitrogen and oxygen atoms in total. The van der Waals surface area contributed by atoms with Crippen LogP contribution in [0.3, 0.4) is 0 Å². The lowest BCUT2D eigenvalue weighted by molar-refractivity contribution is -0.123. The van der Waals surface area contributed by atoms with Crippen LogP contribution in [0.15, 0.2) is 35.3 Å². The fourth-order valence-corrected chi connectivity index (χ4v) is 3.79. The van der Waals surface area contributed by atoms with Gasteiger partial charge in [-0.15, -0.1) is 0 Å². The van der Waals surface area contributed by atoms with Gasteiger partial charge in [0.1, 0.15) is 16.5 Å². The van der Waals surface area contributed by atoms with Crippen molar-refractivity contribution in [2.75, 3.05) is 18.4 Å². The monoisotopic (exact) mass is 452 g/mol. The molecule has 30 heavy (non-hydrogen) atoms. The van der Waals surface area contributed by atoms with Gasteiger partial charge in [-0.2, -0.15) is 0 Å². The van der Waals surface area contributed by atoms with Gasteiger partial charge in [0.25, 0.3) is 5.56 Å². The zero-order valence-corrected chi connectivity index (χ0v) is 16.8. The lowest BCUT2D eigenvalue weighted by atomic mass is 9.99. The van der Waals surface area contributed by atoms with Crippen molar-refractivity contribution < 1.29 is 19.1 Å². The lowest BCUT2D eigenvalue weighted by Gasteiger charge is -2.35. The third-order valence-electron chi connectivity index (χ3n) is 4.98. The maximum atomic E-state index is 14.2. The number of nitrogens with one attached hydrogen (secondary N) is 2. The van der Waals surface area contributed by atoms with Crippen LogP contribution in [-0.4, -0.2) is 44.5 Å². The fourth-order valence-electron chi connectivity index (χ4n) is 3.34. The normalized spacial score (nSPS) is 14.0. The average molecular weight is 453 g/mol. The highest BCUT2D eigenvalue weighted by Crippen LogP contribution is 2.27. The molecule has 0 spiro atoms. The minimum atomic E-state index is -1.09. The summed E-state index contributed by atoms with van der Waals surface area (Å²) in [4.78, 5) is 38.8. The van der Waals surface area contributed by atoms with Crippen molar-refractivity contribution in [2.24, 2.45) is 5.92 Å². The van der Waals surface area contributed by atoms with Crippen LogP contribution < -0.4 is 10.9 Å². The summed E-state index contributed by atoms with van der Waals surface area (Å²) in [6.07, 6.45) is 0.675. The number of carboxylic acid groups (broad SMARTS) is 1. The topological polar surface area (TPSA) is 107 Å². The summed E-state index contributed by atoms with van der Waals surface area (Å²) in [5.41, 5.74) is 1.19. The van der Waals surface area contributed by atoms with Gasteiger partial charge in [0.2, 0.25) is 5.91 Å². The second kappa shape index (κ2) is 7.66. The van der Waals surface area contributed by atoms with Gasteiger partial charge in [-0.3, -0.25) is 14.0 Å². The van der Waals surface area contributed by atoms with E-state index >= 15 is 0 Å². The Hall–Kier alpha value is -3.04. The van der Waals surface area contributed by atoms with Crippen molar-refractivity contribution in [3.63, 3.8) is 0 Å². The first-order valence-electron chi connectivity index (χ1n) is 8.88. The molecule has 3 N–H and O–H groups in total. The van der Waals surface area contributed by atoms with Crippen LogP contribution in [0, 0.1) is 11.7 Å². The van der Waals surface area contributed by atoms with E-state index in [0.717, 1.165) is 4.90 Å². The van der Waals surface area contributed by atoms with Crippen LogP contribution in [0.25, 0.3) is 5.52 Å². The van der Waals surface area contributed by atoms with Crippen molar-refractivity contribution in [2.45, 2.75) is 6.42 Å². The largest absolute Gasteiger partial charge is 0.465 e. The van der Waals surface area contributed by atoms with E-state index in [2.05, 4.69) is 10.3 Å². The SMILES string of the molecule is O=C(Nc1cc(Cc2c[nH]c(=O)c3cc(Cl)c(Cl)n23)ccc1F)C1CN(C(=O)O)C1. The molecule has 3 aromatic rings. The maximum Gasteiger partial charge on any atom is 0.407 e. The number of benzene rings is 1. The van der Waals surface area contributed by atoms with Gasteiger partial charge in [-0.25, -0.2) is 9.18 Å². The fraction of sp³-hybridized carbons (Fsp3) is 0.211. The molecular formula is C19H15Cl2FN4O4. The minimum absolute atomic E-state index is 0.0106. The van der Waals surface area contributed by atoms with Crippen molar-refractivity contribution in [1.29, 1.82) is 0 Å². The first-order valence-corrected chi connectivity index (χ1v) is 9.64. The summed E-state index contributed by atoms with van der Waals surface area (Å²) in [6.45, 7) is 0.148. The van der Waals surface area contributed by atoms with E-state index in [-0.39, 0.29) is 46.4 Å². The number of anilines is 1. The highest BCUT2D eigenvalue weighted by molar-refractivity contribution is 6.42. The Morgan fingerprint density at radius 1 is 1.27 bits per heavy atom. The number of rotatable bonds is 4. The van der Waals surface area contributed by atoms with Crippen LogP contribution in [0.5, 0.6) is 0 Å². The Kier molecular flexibility index (Phi) is 5.17. The van der Waals surface area contributed by atoms with E-state index < -0.39 is 23.7 Å². The van der Waals surface area contributed by atoms with Crippen molar-refractivity contribution in [3.05, 3.63) is 68.1 Å². The number of nitrogens with zero attached hydrogens (tertiary/aromatic N) is 2. The Morgan fingerprint density at radius 3 is 2.70 bits per heavy atom. The quantitative estimate of drug-likeness (QED) is 0.564. The molecule has 4 rings (SSSR count). The first kappa shape index (κ1) is 20.2. The molecule has 0 saturated carbocycles. The molecule has 1 aromatic carbocycles. The van der Waals surface area contributed by atoms with Gasteiger partial charge < -0.3 is 20.3 Å². The summed E-state index contributed by atoms with van der Waals surface area (Å²) in [7, 11) is 0. The predicted molar refractivity (Wildman–Crippen MR) is 109 cm³/mol. The van der Waals surface area contributed by atoms with Crippen molar-refractivity contribution in [3.8, 4) is 0 Å². The number of amides is 2. The van der Waals surface area contributed by atoms with Crippen LogP contribution in [-0.2, 0) is 11.2 Å². The predicted octanol–water partition coefficient (Wildman–Crippen LogP) is 3.21. The van der Waals surface area contributed by atoms with E-state index in [1.807, 2.05) is 0 Å². The number of carbonyl (C=O) groups is 2. The van der Waals surface area contributed by atoms with Crippen LogP contribution in [0.1, 0.15) is 11.3 Å². The Balaban J connectivity index is 1.57. The number of hydrogen-bond acceptors (Lipinski definition) is 3. The summed E-state index contributed by atoms with van der Waals surface area (Å²) >= 11 is 12.3. The Labute approximate surface area is 178 Å². The van der Waals surface area contributed by atoms with Crippen LogP contribution in [0.4, 0.5) is 14.9 Å². The third kappa shape index (κ3) is 3.61. The summed E-state index contributed by atoms with van der Waals surface area (Å²) in [5.74, 6) is -1.59. The molecule has 1 saturated heterocycles. The first-order chi connectivity index (χ1) is 14.2. The Bertz CT molecular complexity index is 1230. The second-order valence-corrected chi connectivity index (χ2v) is 7.74. The van der Waals surface area contributed by atoms with Crippen LogP contribution in [0.2, 0.25) is 10.2 Å². The van der Waals surface area contributed by atoms with Gasteiger partial charge in [0.05, 0.1) is 16.6 Å². The summed E-state index contributed by atoms with van der Waals surface area (Å²) in [5, 5.41) is 11.8. The number of likely N-dealkylation sites (tertiary alicyclic amines) is 1. The van der Waals surface area contributed by atoms with E-state index in [1.54, 1.807) is 6.07 Å². The van der Waals surface area contributed by atoms with Gasteiger partial charge >= 0.3 is 6.09 Å². The molecule has 1 aliphatic rings. The molecule has 1 fully saturated rings. The van der Waals surface area contributed by atoms with Gasteiger partial charge in [-0.1, -0.05) is 29.3 Å². The standard InChI is InChI=1S/C19H15Cl2FN4O4/c20-12-5-15-18(28)23-6-11(26(15)16(12)21)3-9-1-2-13(22)14(4-9)24-17(27)10-7-25(8-10)19(29)30/h1-2,4-6,10H,3,7-8H2,(H,23,28)(H,24,27)(H,29,30).